The van der Waals surface area contributed by atoms with E-state index in [4.69, 9.17) is 5.73 Å². The van der Waals surface area contributed by atoms with Crippen molar-refractivity contribution in [1.82, 2.24) is 4.90 Å². The number of hydrogen-bond donors (Lipinski definition) is 1. The zero-order chi connectivity index (χ0) is 11.7. The van der Waals surface area contributed by atoms with Gasteiger partial charge in [-0.2, -0.15) is 0 Å². The molecule has 3 heteroatoms. The summed E-state index contributed by atoms with van der Waals surface area (Å²) in [7, 11) is 0. The van der Waals surface area contributed by atoms with Crippen LogP contribution in [0.5, 0.6) is 0 Å². The number of rotatable bonds is 2. The van der Waals surface area contributed by atoms with Gasteiger partial charge in [0.15, 0.2) is 0 Å². The summed E-state index contributed by atoms with van der Waals surface area (Å²) in [4.78, 5) is 13.1. The van der Waals surface area contributed by atoms with Gasteiger partial charge in [-0.15, -0.1) is 0 Å². The minimum absolute atomic E-state index is 0.247. The van der Waals surface area contributed by atoms with E-state index in [1.165, 1.54) is 16.7 Å². The van der Waals surface area contributed by atoms with Crippen molar-refractivity contribution in [3.05, 3.63) is 34.9 Å². The molecule has 1 aromatic carbocycles. The molecule has 1 atom stereocenters. The van der Waals surface area contributed by atoms with E-state index in [-0.39, 0.29) is 5.91 Å². The van der Waals surface area contributed by atoms with Gasteiger partial charge in [-0.3, -0.25) is 9.69 Å². The molecular formula is C13H18N2O. The molecule has 1 aromatic rings. The molecule has 0 saturated heterocycles. The monoisotopic (exact) mass is 218 g/mol. The van der Waals surface area contributed by atoms with Crippen LogP contribution in [-0.4, -0.2) is 23.9 Å². The van der Waals surface area contributed by atoms with Crippen LogP contribution < -0.4 is 5.73 Å². The summed E-state index contributed by atoms with van der Waals surface area (Å²) in [5.41, 5.74) is 9.25. The van der Waals surface area contributed by atoms with Gasteiger partial charge in [0.1, 0.15) is 0 Å². The zero-order valence-corrected chi connectivity index (χ0v) is 9.86. The maximum absolute atomic E-state index is 10.9. The summed E-state index contributed by atoms with van der Waals surface area (Å²) in [5.74, 6) is 0.229. The second kappa shape index (κ2) is 4.26. The Bertz CT molecular complexity index is 414. The minimum Gasteiger partial charge on any atom is -0.369 e. The number of carbonyl (C=O) groups is 1. The van der Waals surface area contributed by atoms with Crippen LogP contribution in [0.3, 0.4) is 0 Å². The lowest BCUT2D eigenvalue weighted by molar-refractivity contribution is -0.119. The number of benzene rings is 1. The van der Waals surface area contributed by atoms with Crippen LogP contribution in [0.25, 0.3) is 0 Å². The van der Waals surface area contributed by atoms with E-state index in [1.807, 2.05) is 0 Å². The van der Waals surface area contributed by atoms with E-state index in [9.17, 15) is 4.79 Å². The molecular weight excluding hydrogens is 200 g/mol. The fraction of sp³-hybridized carbons (Fsp3) is 0.462. The Kier molecular flexibility index (Phi) is 2.97. The highest BCUT2D eigenvalue weighted by atomic mass is 16.1. The molecule has 0 aromatic heterocycles. The van der Waals surface area contributed by atoms with E-state index in [0.29, 0.717) is 12.5 Å². The molecule has 0 bridgehead atoms. The first-order valence-corrected chi connectivity index (χ1v) is 5.66. The van der Waals surface area contributed by atoms with Gasteiger partial charge in [0.2, 0.25) is 5.91 Å². The highest BCUT2D eigenvalue weighted by Crippen LogP contribution is 2.28. The number of fused-ring (bicyclic) bond motifs is 1. The maximum Gasteiger partial charge on any atom is 0.231 e. The summed E-state index contributed by atoms with van der Waals surface area (Å²) >= 11 is 0. The number of primary amides is 1. The SMILES string of the molecule is Cc1ccc2c(c1)CN(CC(N)=O)C[C@@H]2C. The van der Waals surface area contributed by atoms with Crippen LogP contribution >= 0.6 is 0 Å². The van der Waals surface area contributed by atoms with E-state index in [0.717, 1.165) is 13.1 Å². The molecule has 0 aliphatic carbocycles. The topological polar surface area (TPSA) is 46.3 Å². The molecule has 2 N–H and O–H groups in total. The Hall–Kier alpha value is -1.35. The van der Waals surface area contributed by atoms with Crippen molar-refractivity contribution in [3.63, 3.8) is 0 Å². The molecule has 0 spiro atoms. The van der Waals surface area contributed by atoms with Crippen molar-refractivity contribution in [2.75, 3.05) is 13.1 Å². The quantitative estimate of drug-likeness (QED) is 0.815. The van der Waals surface area contributed by atoms with Crippen molar-refractivity contribution in [2.45, 2.75) is 26.3 Å². The molecule has 16 heavy (non-hydrogen) atoms. The lowest BCUT2D eigenvalue weighted by Gasteiger charge is -2.32. The lowest BCUT2D eigenvalue weighted by Crippen LogP contribution is -2.38. The van der Waals surface area contributed by atoms with E-state index < -0.39 is 0 Å². The number of nitrogens with zero attached hydrogens (tertiary/aromatic N) is 1. The maximum atomic E-state index is 10.9. The van der Waals surface area contributed by atoms with Gasteiger partial charge in [-0.25, -0.2) is 0 Å². The zero-order valence-electron chi connectivity index (χ0n) is 9.86. The highest BCUT2D eigenvalue weighted by molar-refractivity contribution is 5.76. The predicted molar refractivity (Wildman–Crippen MR) is 64.1 cm³/mol. The van der Waals surface area contributed by atoms with E-state index in [2.05, 4.69) is 36.9 Å². The normalized spacial score (nSPS) is 20.5. The first-order chi connectivity index (χ1) is 7.56. The van der Waals surface area contributed by atoms with Crippen molar-refractivity contribution in [1.29, 1.82) is 0 Å². The van der Waals surface area contributed by atoms with Crippen molar-refractivity contribution in [2.24, 2.45) is 5.73 Å². The van der Waals surface area contributed by atoms with Gasteiger partial charge in [0, 0.05) is 13.1 Å². The summed E-state index contributed by atoms with van der Waals surface area (Å²) in [6, 6.07) is 6.56. The third-order valence-corrected chi connectivity index (χ3v) is 3.13. The second-order valence-electron chi connectivity index (χ2n) is 4.74. The lowest BCUT2D eigenvalue weighted by atomic mass is 9.90. The van der Waals surface area contributed by atoms with Gasteiger partial charge in [-0.1, -0.05) is 30.7 Å². The Balaban J connectivity index is 2.24. The van der Waals surface area contributed by atoms with E-state index in [1.54, 1.807) is 0 Å². The molecule has 86 valence electrons. The van der Waals surface area contributed by atoms with Crippen LogP contribution in [0, 0.1) is 6.92 Å². The molecule has 0 fully saturated rings. The smallest absolute Gasteiger partial charge is 0.231 e. The Morgan fingerprint density at radius 3 is 3.00 bits per heavy atom. The highest BCUT2D eigenvalue weighted by Gasteiger charge is 2.22. The van der Waals surface area contributed by atoms with Crippen LogP contribution in [0.1, 0.15) is 29.5 Å². The number of carbonyl (C=O) groups excluding carboxylic acids is 1. The van der Waals surface area contributed by atoms with Gasteiger partial charge < -0.3 is 5.73 Å². The first kappa shape index (κ1) is 11.1. The molecule has 1 heterocycles. The summed E-state index contributed by atoms with van der Waals surface area (Å²) < 4.78 is 0. The largest absolute Gasteiger partial charge is 0.369 e. The molecule has 1 aliphatic rings. The third kappa shape index (κ3) is 2.25. The van der Waals surface area contributed by atoms with Crippen molar-refractivity contribution < 1.29 is 4.79 Å². The second-order valence-corrected chi connectivity index (χ2v) is 4.74. The number of aryl methyl sites for hydroxylation is 1. The number of hydrogen-bond acceptors (Lipinski definition) is 2. The molecule has 1 amide bonds. The Morgan fingerprint density at radius 2 is 2.31 bits per heavy atom. The average molecular weight is 218 g/mol. The van der Waals surface area contributed by atoms with Crippen LogP contribution in [-0.2, 0) is 11.3 Å². The number of amides is 1. The van der Waals surface area contributed by atoms with Gasteiger partial charge >= 0.3 is 0 Å². The summed E-state index contributed by atoms with van der Waals surface area (Å²) in [6.45, 7) is 6.40. The predicted octanol–water partition coefficient (Wildman–Crippen LogP) is 1.40. The van der Waals surface area contributed by atoms with Crippen LogP contribution in [0.2, 0.25) is 0 Å². The molecule has 1 aliphatic heterocycles. The van der Waals surface area contributed by atoms with Gasteiger partial charge in [0.25, 0.3) is 0 Å². The fourth-order valence-electron chi connectivity index (χ4n) is 2.48. The Labute approximate surface area is 96.2 Å². The molecule has 0 unspecified atom stereocenters. The van der Waals surface area contributed by atoms with Gasteiger partial charge in [-0.05, 0) is 24.0 Å². The molecule has 2 rings (SSSR count). The average Bonchev–Trinajstić information content (AvgIpc) is 2.15. The third-order valence-electron chi connectivity index (χ3n) is 3.13. The summed E-state index contributed by atoms with van der Waals surface area (Å²) in [5, 5.41) is 0. The fourth-order valence-corrected chi connectivity index (χ4v) is 2.48. The standard InChI is InChI=1S/C13H18N2O/c1-9-3-4-12-10(2)6-15(8-13(14)16)7-11(12)5-9/h3-5,10H,6-8H2,1-2H3,(H2,14,16)/t10-/m0/s1. The first-order valence-electron chi connectivity index (χ1n) is 5.66. The number of nitrogens with two attached hydrogens (primary N) is 1. The molecule has 3 nitrogen and oxygen atoms in total. The Morgan fingerprint density at radius 1 is 1.56 bits per heavy atom. The van der Waals surface area contributed by atoms with Crippen molar-refractivity contribution in [3.8, 4) is 0 Å². The van der Waals surface area contributed by atoms with Gasteiger partial charge in [0.05, 0.1) is 6.54 Å². The van der Waals surface area contributed by atoms with Crippen molar-refractivity contribution >= 4 is 5.91 Å². The van der Waals surface area contributed by atoms with E-state index >= 15 is 0 Å². The van der Waals surface area contributed by atoms with Crippen LogP contribution in [0.15, 0.2) is 18.2 Å². The summed E-state index contributed by atoms with van der Waals surface area (Å²) in [6.07, 6.45) is 0. The van der Waals surface area contributed by atoms with Crippen LogP contribution in [0.4, 0.5) is 0 Å². The minimum atomic E-state index is -0.247. The molecule has 0 radical (unpaired) electrons. The molecule has 0 saturated carbocycles.